The van der Waals surface area contributed by atoms with Crippen LogP contribution in [0.1, 0.15) is 11.3 Å². The molecule has 2 aromatic rings. The van der Waals surface area contributed by atoms with E-state index in [1.807, 2.05) is 0 Å². The summed E-state index contributed by atoms with van der Waals surface area (Å²) >= 11 is 0. The van der Waals surface area contributed by atoms with Gasteiger partial charge in [-0.05, 0) is 6.92 Å². The van der Waals surface area contributed by atoms with E-state index in [-0.39, 0.29) is 11.8 Å². The Balaban J connectivity index is 2.93. The van der Waals surface area contributed by atoms with Gasteiger partial charge < -0.3 is 5.11 Å². The van der Waals surface area contributed by atoms with Gasteiger partial charge in [0.05, 0.1) is 16.6 Å². The molecular weight excluding hydrogens is 329 g/mol. The Bertz CT molecular complexity index is 822. The van der Waals surface area contributed by atoms with Gasteiger partial charge >= 0.3 is 12.1 Å². The van der Waals surface area contributed by atoms with E-state index >= 15 is 0 Å². The molecule has 2 heterocycles. The molecule has 0 amide bonds. The fourth-order valence-corrected chi connectivity index (χ4v) is 2.31. The minimum absolute atomic E-state index is 0.230. The molecule has 0 aliphatic heterocycles. The summed E-state index contributed by atoms with van der Waals surface area (Å²) in [6, 6.07) is 0.243. The molecule has 126 valence electrons. The van der Waals surface area contributed by atoms with Gasteiger partial charge in [0.1, 0.15) is 18.7 Å². The number of alkyl halides is 5. The maximum absolute atomic E-state index is 13.1. The van der Waals surface area contributed by atoms with Crippen molar-refractivity contribution in [1.29, 1.82) is 0 Å². The van der Waals surface area contributed by atoms with Gasteiger partial charge in [-0.1, -0.05) is 0 Å². The van der Waals surface area contributed by atoms with E-state index in [1.165, 1.54) is 0 Å². The molecule has 6 nitrogen and oxygen atoms in total. The summed E-state index contributed by atoms with van der Waals surface area (Å²) < 4.78 is 65.5. The van der Waals surface area contributed by atoms with E-state index in [0.29, 0.717) is 9.25 Å². The van der Waals surface area contributed by atoms with Crippen molar-refractivity contribution in [3.63, 3.8) is 0 Å². The molecule has 23 heavy (non-hydrogen) atoms. The summed E-state index contributed by atoms with van der Waals surface area (Å²) in [5.41, 5.74) is -3.42. The maximum Gasteiger partial charge on any atom is 0.417 e. The zero-order valence-corrected chi connectivity index (χ0v) is 11.6. The van der Waals surface area contributed by atoms with Gasteiger partial charge in [-0.3, -0.25) is 14.2 Å². The summed E-state index contributed by atoms with van der Waals surface area (Å²) in [5.74, 6) is -1.50. The Hall–Kier alpha value is -2.46. The summed E-state index contributed by atoms with van der Waals surface area (Å²) in [5, 5.41) is 11.8. The fourth-order valence-electron chi connectivity index (χ4n) is 2.31. The van der Waals surface area contributed by atoms with Crippen LogP contribution in [0.3, 0.4) is 0 Å². The quantitative estimate of drug-likeness (QED) is 0.863. The van der Waals surface area contributed by atoms with Crippen LogP contribution in [0.25, 0.3) is 11.0 Å². The van der Waals surface area contributed by atoms with Crippen LogP contribution >= 0.6 is 0 Å². The Kier molecular flexibility index (Phi) is 4.14. The fraction of sp³-hybridized carbons (Fsp3) is 0.417. The summed E-state index contributed by atoms with van der Waals surface area (Å²) in [6.07, 6.45) is -7.86. The highest BCUT2D eigenvalue weighted by Crippen LogP contribution is 2.35. The zero-order chi connectivity index (χ0) is 17.5. The number of carboxylic acids is 1. The number of aromatic nitrogens is 3. The molecule has 0 aliphatic rings. The van der Waals surface area contributed by atoms with Crippen molar-refractivity contribution in [2.24, 2.45) is 0 Å². The van der Waals surface area contributed by atoms with Gasteiger partial charge in [0.25, 0.3) is 12.0 Å². The molecule has 0 spiro atoms. The van der Waals surface area contributed by atoms with Crippen molar-refractivity contribution in [3.8, 4) is 0 Å². The van der Waals surface area contributed by atoms with E-state index in [0.717, 1.165) is 6.92 Å². The predicted octanol–water partition coefficient (Wildman–Crippen LogP) is 1.87. The lowest BCUT2D eigenvalue weighted by atomic mass is 10.1. The Labute approximate surface area is 124 Å². The van der Waals surface area contributed by atoms with Crippen LogP contribution in [0, 0.1) is 6.92 Å². The van der Waals surface area contributed by atoms with Gasteiger partial charge in [0.15, 0.2) is 0 Å². The molecule has 2 aromatic heterocycles. The number of pyridine rings is 1. The van der Waals surface area contributed by atoms with Gasteiger partial charge in [-0.15, -0.1) is 0 Å². The molecule has 0 fully saturated rings. The van der Waals surface area contributed by atoms with Crippen LogP contribution < -0.4 is 5.56 Å². The average Bonchev–Trinajstić information content (AvgIpc) is 2.67. The second-order valence-electron chi connectivity index (χ2n) is 4.73. The molecule has 0 saturated heterocycles. The van der Waals surface area contributed by atoms with Crippen LogP contribution in [-0.2, 0) is 24.1 Å². The van der Waals surface area contributed by atoms with E-state index in [9.17, 15) is 31.5 Å². The number of halogens is 5. The zero-order valence-electron chi connectivity index (χ0n) is 11.6. The van der Waals surface area contributed by atoms with Gasteiger partial charge in [-0.25, -0.2) is 13.5 Å². The first-order valence-corrected chi connectivity index (χ1v) is 6.20. The third kappa shape index (κ3) is 3.17. The highest BCUT2D eigenvalue weighted by molar-refractivity contribution is 5.84. The van der Waals surface area contributed by atoms with Crippen molar-refractivity contribution >= 4 is 17.0 Å². The molecule has 0 unspecified atom stereocenters. The molecule has 0 aromatic carbocycles. The first-order valence-electron chi connectivity index (χ1n) is 6.20. The van der Waals surface area contributed by atoms with Crippen molar-refractivity contribution in [2.45, 2.75) is 32.6 Å². The topological polar surface area (TPSA) is 77.1 Å². The summed E-state index contributed by atoms with van der Waals surface area (Å²) in [6.45, 7) is -0.873. The van der Waals surface area contributed by atoms with Gasteiger partial charge in [0.2, 0.25) is 0 Å². The summed E-state index contributed by atoms with van der Waals surface area (Å²) in [7, 11) is 0. The number of aryl methyl sites for hydroxylation is 1. The molecule has 0 atom stereocenters. The molecule has 0 bridgehead atoms. The van der Waals surface area contributed by atoms with E-state index in [2.05, 4.69) is 5.10 Å². The van der Waals surface area contributed by atoms with Gasteiger partial charge in [-0.2, -0.15) is 18.3 Å². The standard InChI is InChI=1S/C12H10F5N3O3/c1-5-10-6(12(15,16)17)2-8(21)19(4-9(22)23)11(10)20(18-5)3-7(13)14/h2,7H,3-4H2,1H3,(H,22,23). The number of hydrogen-bond donors (Lipinski definition) is 1. The predicted molar refractivity (Wildman–Crippen MR) is 67.4 cm³/mol. The van der Waals surface area contributed by atoms with Crippen molar-refractivity contribution in [1.82, 2.24) is 14.3 Å². The largest absolute Gasteiger partial charge is 0.480 e. The molecule has 2 rings (SSSR count). The number of nitrogens with zero attached hydrogens (tertiary/aromatic N) is 3. The number of carboxylic acid groups (broad SMARTS) is 1. The molecule has 1 N–H and O–H groups in total. The molecule has 0 aliphatic carbocycles. The second-order valence-corrected chi connectivity index (χ2v) is 4.73. The average molecular weight is 339 g/mol. The van der Waals surface area contributed by atoms with Crippen molar-refractivity contribution < 1.29 is 31.9 Å². The second kappa shape index (κ2) is 5.63. The lowest BCUT2D eigenvalue weighted by Gasteiger charge is -2.13. The Morgan fingerprint density at radius 3 is 2.48 bits per heavy atom. The molecule has 0 saturated carbocycles. The summed E-state index contributed by atoms with van der Waals surface area (Å²) in [4.78, 5) is 22.7. The van der Waals surface area contributed by atoms with E-state index < -0.39 is 53.8 Å². The van der Waals surface area contributed by atoms with Crippen LogP contribution in [0.15, 0.2) is 10.9 Å². The Morgan fingerprint density at radius 1 is 1.39 bits per heavy atom. The lowest BCUT2D eigenvalue weighted by molar-refractivity contribution is -0.137. The molecule has 0 radical (unpaired) electrons. The number of carbonyl (C=O) groups is 1. The lowest BCUT2D eigenvalue weighted by Crippen LogP contribution is -2.28. The maximum atomic E-state index is 13.1. The minimum atomic E-state index is -4.91. The smallest absolute Gasteiger partial charge is 0.417 e. The Morgan fingerprint density at radius 2 is 2.00 bits per heavy atom. The minimum Gasteiger partial charge on any atom is -0.480 e. The van der Waals surface area contributed by atoms with E-state index in [1.54, 1.807) is 0 Å². The van der Waals surface area contributed by atoms with Crippen LogP contribution in [-0.4, -0.2) is 31.8 Å². The normalized spacial score (nSPS) is 12.3. The van der Waals surface area contributed by atoms with E-state index in [4.69, 9.17) is 5.11 Å². The van der Waals surface area contributed by atoms with Gasteiger partial charge in [0, 0.05) is 6.07 Å². The third-order valence-electron chi connectivity index (χ3n) is 3.07. The molecular formula is C12H10F5N3O3. The van der Waals surface area contributed by atoms with Crippen LogP contribution in [0.4, 0.5) is 22.0 Å². The van der Waals surface area contributed by atoms with Crippen LogP contribution in [0.5, 0.6) is 0 Å². The number of rotatable bonds is 4. The molecule has 11 heteroatoms. The highest BCUT2D eigenvalue weighted by Gasteiger charge is 2.36. The van der Waals surface area contributed by atoms with Crippen molar-refractivity contribution in [3.05, 3.63) is 27.7 Å². The first-order chi connectivity index (χ1) is 10.5. The van der Waals surface area contributed by atoms with Crippen LogP contribution in [0.2, 0.25) is 0 Å². The van der Waals surface area contributed by atoms with Crippen molar-refractivity contribution in [2.75, 3.05) is 0 Å². The first kappa shape index (κ1) is 16.9. The number of aliphatic carboxylic acids is 1. The number of hydrogen-bond acceptors (Lipinski definition) is 3. The highest BCUT2D eigenvalue weighted by atomic mass is 19.4. The number of fused-ring (bicyclic) bond motifs is 1. The third-order valence-corrected chi connectivity index (χ3v) is 3.07. The SMILES string of the molecule is Cc1nn(CC(F)F)c2c1c(C(F)(F)F)cc(=O)n2CC(=O)O. The monoisotopic (exact) mass is 339 g/mol.